The minimum Gasteiger partial charge on any atom is -0.423 e. The molecule has 0 saturated heterocycles. The van der Waals surface area contributed by atoms with Crippen molar-refractivity contribution in [2.75, 3.05) is 5.32 Å². The number of pyridine rings is 1. The molecule has 1 aliphatic carbocycles. The Labute approximate surface area is 175 Å². The molecule has 156 valence electrons. The van der Waals surface area contributed by atoms with Crippen LogP contribution in [0.15, 0.2) is 47.0 Å². The van der Waals surface area contributed by atoms with Gasteiger partial charge in [-0.3, -0.25) is 4.98 Å². The van der Waals surface area contributed by atoms with Gasteiger partial charge in [-0.2, -0.15) is 18.2 Å². The van der Waals surface area contributed by atoms with E-state index in [0.717, 1.165) is 41.8 Å². The molecule has 0 unspecified atom stereocenters. The number of rotatable bonds is 2. The van der Waals surface area contributed by atoms with Gasteiger partial charge in [-0.25, -0.2) is 0 Å². The van der Waals surface area contributed by atoms with E-state index in [9.17, 15) is 18.3 Å². The van der Waals surface area contributed by atoms with Crippen LogP contribution in [-0.4, -0.2) is 21.2 Å². The predicted molar refractivity (Wildman–Crippen MR) is 109 cm³/mol. The fraction of sp³-hybridized carbons (Fsp3) is 0.238. The molecule has 5 rings (SSSR count). The molecule has 2 N–H and O–H groups in total. The fourth-order valence-electron chi connectivity index (χ4n) is 3.81. The largest absolute Gasteiger partial charge is 0.423 e. The number of hydrogen-bond donors (Lipinski definition) is 2. The standard InChI is InChI=1S/C21H16F3N3O2.ClH/c22-21(23,24)12-5-7-16-15(8-12)19-18(10-25-16)27-20(29-19)26-17-3-1-2-11-4-6-13(28)9-14(11)17;/h1-3,5,7-8,10,13,28H,4,6,9H2,(H,26,27);1H/t13-;/m0./s1. The van der Waals surface area contributed by atoms with Crippen LogP contribution in [0.3, 0.4) is 0 Å². The minimum atomic E-state index is -4.46. The molecule has 2 aromatic heterocycles. The van der Waals surface area contributed by atoms with Gasteiger partial charge in [0.05, 0.1) is 23.4 Å². The third-order valence-corrected chi connectivity index (χ3v) is 5.25. The third kappa shape index (κ3) is 3.57. The number of fused-ring (bicyclic) bond motifs is 4. The summed E-state index contributed by atoms with van der Waals surface area (Å²) >= 11 is 0. The number of aryl methyl sites for hydroxylation is 1. The Bertz CT molecular complexity index is 1240. The Morgan fingerprint density at radius 1 is 1.13 bits per heavy atom. The number of aliphatic hydroxyl groups is 1. The summed E-state index contributed by atoms with van der Waals surface area (Å²) in [6.07, 6.45) is -1.35. The molecule has 4 aromatic rings. The van der Waals surface area contributed by atoms with E-state index in [1.54, 1.807) is 0 Å². The maximum Gasteiger partial charge on any atom is 0.416 e. The highest BCUT2D eigenvalue weighted by molar-refractivity contribution is 6.01. The number of aromatic nitrogens is 2. The Morgan fingerprint density at radius 2 is 1.97 bits per heavy atom. The van der Waals surface area contributed by atoms with Crippen molar-refractivity contribution >= 4 is 46.1 Å². The van der Waals surface area contributed by atoms with Gasteiger partial charge in [0.15, 0.2) is 5.58 Å². The number of oxazole rings is 1. The first-order valence-electron chi connectivity index (χ1n) is 9.21. The van der Waals surface area contributed by atoms with Crippen LogP contribution in [0.2, 0.25) is 0 Å². The highest BCUT2D eigenvalue weighted by Gasteiger charge is 2.31. The normalized spacial score (nSPS) is 16.3. The molecule has 2 aromatic carbocycles. The maximum atomic E-state index is 13.1. The number of hydrogen-bond acceptors (Lipinski definition) is 5. The first kappa shape index (κ1) is 20.4. The van der Waals surface area contributed by atoms with Crippen molar-refractivity contribution in [3.63, 3.8) is 0 Å². The van der Waals surface area contributed by atoms with Crippen LogP contribution >= 0.6 is 12.4 Å². The van der Waals surface area contributed by atoms with E-state index in [0.29, 0.717) is 17.5 Å². The Morgan fingerprint density at radius 3 is 2.77 bits per heavy atom. The number of nitrogens with zero attached hydrogens (tertiary/aromatic N) is 2. The molecule has 1 atom stereocenters. The molecule has 0 saturated carbocycles. The molecule has 5 nitrogen and oxygen atoms in total. The minimum absolute atomic E-state index is 0. The van der Waals surface area contributed by atoms with Gasteiger partial charge in [0.25, 0.3) is 6.01 Å². The van der Waals surface area contributed by atoms with Crippen molar-refractivity contribution in [1.82, 2.24) is 9.97 Å². The van der Waals surface area contributed by atoms with Gasteiger partial charge in [0.1, 0.15) is 5.52 Å². The lowest BCUT2D eigenvalue weighted by Crippen LogP contribution is -2.19. The lowest BCUT2D eigenvalue weighted by molar-refractivity contribution is -0.137. The van der Waals surface area contributed by atoms with Gasteiger partial charge in [0, 0.05) is 17.5 Å². The summed E-state index contributed by atoms with van der Waals surface area (Å²) in [5.74, 6) is 0. The average Bonchev–Trinajstić information content (AvgIpc) is 3.10. The summed E-state index contributed by atoms with van der Waals surface area (Å²) in [5, 5.41) is 13.4. The summed E-state index contributed by atoms with van der Waals surface area (Å²) in [4.78, 5) is 8.52. The van der Waals surface area contributed by atoms with Gasteiger partial charge in [-0.15, -0.1) is 12.4 Å². The molecule has 0 bridgehead atoms. The van der Waals surface area contributed by atoms with E-state index >= 15 is 0 Å². The molecular formula is C21H17ClF3N3O2. The highest BCUT2D eigenvalue weighted by atomic mass is 35.5. The van der Waals surface area contributed by atoms with Crippen molar-refractivity contribution in [2.24, 2.45) is 0 Å². The molecule has 9 heteroatoms. The summed E-state index contributed by atoms with van der Waals surface area (Å²) in [6, 6.07) is 9.31. The molecule has 2 heterocycles. The van der Waals surface area contributed by atoms with Crippen LogP contribution in [0.4, 0.5) is 24.9 Å². The van der Waals surface area contributed by atoms with Crippen molar-refractivity contribution in [3.8, 4) is 0 Å². The number of anilines is 2. The third-order valence-electron chi connectivity index (χ3n) is 5.25. The summed E-state index contributed by atoms with van der Waals surface area (Å²) < 4.78 is 45.1. The van der Waals surface area contributed by atoms with Crippen LogP contribution in [0.25, 0.3) is 22.0 Å². The summed E-state index contributed by atoms with van der Waals surface area (Å²) in [5.41, 5.74) is 3.15. The lowest BCUT2D eigenvalue weighted by Gasteiger charge is -2.23. The Balaban J connectivity index is 0.00000218. The first-order chi connectivity index (χ1) is 13.9. The molecule has 0 spiro atoms. The quantitative estimate of drug-likeness (QED) is 0.440. The second kappa shape index (κ2) is 7.45. The van der Waals surface area contributed by atoms with Gasteiger partial charge < -0.3 is 14.8 Å². The Hall–Kier alpha value is -2.84. The number of nitrogens with one attached hydrogen (secondary N) is 1. The van der Waals surface area contributed by atoms with Crippen LogP contribution in [-0.2, 0) is 19.0 Å². The second-order valence-corrected chi connectivity index (χ2v) is 7.19. The van der Waals surface area contributed by atoms with Gasteiger partial charge >= 0.3 is 6.18 Å². The van der Waals surface area contributed by atoms with Crippen molar-refractivity contribution in [1.29, 1.82) is 0 Å². The zero-order chi connectivity index (χ0) is 20.2. The number of halogens is 4. The number of alkyl halides is 3. The SMILES string of the molecule is Cl.O[C@H]1CCc2cccc(Nc3nc4cnc5ccc(C(F)(F)F)cc5c4o3)c2C1. The van der Waals surface area contributed by atoms with E-state index in [4.69, 9.17) is 4.42 Å². The van der Waals surface area contributed by atoms with Crippen LogP contribution < -0.4 is 5.32 Å². The van der Waals surface area contributed by atoms with Gasteiger partial charge in [0.2, 0.25) is 0 Å². The molecule has 0 aliphatic heterocycles. The summed E-state index contributed by atoms with van der Waals surface area (Å²) in [6.45, 7) is 0. The fourth-order valence-corrected chi connectivity index (χ4v) is 3.81. The molecule has 1 aliphatic rings. The molecular weight excluding hydrogens is 419 g/mol. The van der Waals surface area contributed by atoms with Crippen molar-refractivity contribution in [3.05, 3.63) is 59.3 Å². The average molecular weight is 436 g/mol. The Kier molecular flexibility index (Phi) is 5.07. The molecule has 0 amide bonds. The monoisotopic (exact) mass is 435 g/mol. The second-order valence-electron chi connectivity index (χ2n) is 7.19. The van der Waals surface area contributed by atoms with E-state index < -0.39 is 17.8 Å². The van der Waals surface area contributed by atoms with E-state index in [-0.39, 0.29) is 29.4 Å². The zero-order valence-electron chi connectivity index (χ0n) is 15.5. The maximum absolute atomic E-state index is 13.1. The summed E-state index contributed by atoms with van der Waals surface area (Å²) in [7, 11) is 0. The van der Waals surface area contributed by atoms with Gasteiger partial charge in [-0.05, 0) is 48.2 Å². The van der Waals surface area contributed by atoms with Crippen LogP contribution in [0.5, 0.6) is 0 Å². The topological polar surface area (TPSA) is 71.2 Å². The van der Waals surface area contributed by atoms with Gasteiger partial charge in [-0.1, -0.05) is 12.1 Å². The molecule has 0 radical (unpaired) electrons. The van der Waals surface area contributed by atoms with E-state index in [1.807, 2.05) is 18.2 Å². The van der Waals surface area contributed by atoms with Crippen LogP contribution in [0.1, 0.15) is 23.1 Å². The lowest BCUT2D eigenvalue weighted by atomic mass is 9.88. The van der Waals surface area contributed by atoms with Crippen LogP contribution in [0, 0.1) is 0 Å². The van der Waals surface area contributed by atoms with Crippen molar-refractivity contribution < 1.29 is 22.7 Å². The first-order valence-corrected chi connectivity index (χ1v) is 9.21. The molecule has 30 heavy (non-hydrogen) atoms. The van der Waals surface area contributed by atoms with Crippen molar-refractivity contribution in [2.45, 2.75) is 31.5 Å². The van der Waals surface area contributed by atoms with E-state index in [1.165, 1.54) is 12.3 Å². The zero-order valence-corrected chi connectivity index (χ0v) is 16.3. The number of benzene rings is 2. The smallest absolute Gasteiger partial charge is 0.416 e. The predicted octanol–water partition coefficient (Wildman–Crippen LogP) is 5.41. The van der Waals surface area contributed by atoms with E-state index in [2.05, 4.69) is 15.3 Å². The highest BCUT2D eigenvalue weighted by Crippen LogP contribution is 2.35. The number of aliphatic hydroxyl groups excluding tert-OH is 1. The molecule has 0 fully saturated rings.